The summed E-state index contributed by atoms with van der Waals surface area (Å²) < 4.78 is 22.1. The number of aliphatic hydroxyl groups excluding tert-OH is 2. The molecule has 4 rings (SSSR count). The summed E-state index contributed by atoms with van der Waals surface area (Å²) in [4.78, 5) is 52.4. The van der Waals surface area contributed by atoms with Crippen molar-refractivity contribution < 1.29 is 48.3 Å². The van der Waals surface area contributed by atoms with E-state index in [1.165, 1.54) is 7.11 Å². The highest BCUT2D eigenvalue weighted by molar-refractivity contribution is 5.88. The minimum atomic E-state index is -1.86. The zero-order valence-electron chi connectivity index (χ0n) is 27.6. The minimum absolute atomic E-state index is 0.00990. The van der Waals surface area contributed by atoms with Crippen LogP contribution in [0.5, 0.6) is 0 Å². The van der Waals surface area contributed by atoms with Crippen molar-refractivity contribution in [2.75, 3.05) is 7.11 Å². The molecule has 3 aromatic carbocycles. The summed E-state index contributed by atoms with van der Waals surface area (Å²) in [7, 11) is 1.17. The molecule has 0 saturated carbocycles. The van der Waals surface area contributed by atoms with Crippen LogP contribution in [0.1, 0.15) is 43.0 Å². The summed E-state index contributed by atoms with van der Waals surface area (Å²) in [5.74, 6) is -2.42. The van der Waals surface area contributed by atoms with Crippen LogP contribution in [-0.2, 0) is 46.5 Å². The van der Waals surface area contributed by atoms with E-state index >= 15 is 0 Å². The van der Waals surface area contributed by atoms with Gasteiger partial charge in [-0.2, -0.15) is 0 Å². The SMILES string of the molecule is COC(=O)[C@H](NC(=O)[C@H]1O[C@H](OCc2ccccc2)[C@H](NC(=O)[C@H](CC(C)C)NC(=O)OCc2ccccc2)[C@@H](O)[C@H]1O)c1ccccc1. The average Bonchev–Trinajstić information content (AvgIpc) is 3.11. The van der Waals surface area contributed by atoms with Crippen molar-refractivity contribution in [2.45, 2.75) is 76.2 Å². The third-order valence-electron chi connectivity index (χ3n) is 7.81. The lowest BCUT2D eigenvalue weighted by molar-refractivity contribution is -0.263. The number of carbonyl (C=O) groups is 4. The second kappa shape index (κ2) is 18.1. The molecule has 3 aromatic rings. The van der Waals surface area contributed by atoms with E-state index in [0.717, 1.165) is 11.1 Å². The second-order valence-corrected chi connectivity index (χ2v) is 12.0. The molecule has 0 radical (unpaired) electrons. The molecular formula is C36H43N3O10. The highest BCUT2D eigenvalue weighted by atomic mass is 16.7. The van der Waals surface area contributed by atoms with Gasteiger partial charge < -0.3 is 45.1 Å². The summed E-state index contributed by atoms with van der Waals surface area (Å²) >= 11 is 0. The Morgan fingerprint density at radius 2 is 1.37 bits per heavy atom. The van der Waals surface area contributed by atoms with Crippen molar-refractivity contribution in [3.8, 4) is 0 Å². The van der Waals surface area contributed by atoms with Crippen LogP contribution in [0.2, 0.25) is 0 Å². The van der Waals surface area contributed by atoms with Crippen LogP contribution in [0.4, 0.5) is 4.79 Å². The molecule has 1 fully saturated rings. The second-order valence-electron chi connectivity index (χ2n) is 12.0. The zero-order valence-corrected chi connectivity index (χ0v) is 27.6. The Bertz CT molecular complexity index is 1510. The summed E-state index contributed by atoms with van der Waals surface area (Å²) in [5.41, 5.74) is 1.91. The van der Waals surface area contributed by atoms with Gasteiger partial charge in [-0.15, -0.1) is 0 Å². The summed E-state index contributed by atoms with van der Waals surface area (Å²) in [6.07, 6.45) is -7.39. The van der Waals surface area contributed by atoms with Gasteiger partial charge in [0.1, 0.15) is 30.9 Å². The van der Waals surface area contributed by atoms with Gasteiger partial charge >= 0.3 is 12.1 Å². The minimum Gasteiger partial charge on any atom is -0.467 e. The highest BCUT2D eigenvalue weighted by Crippen LogP contribution is 2.25. The fraction of sp³-hybridized carbons (Fsp3) is 0.389. The molecule has 262 valence electrons. The topological polar surface area (TPSA) is 182 Å². The monoisotopic (exact) mass is 677 g/mol. The molecule has 0 unspecified atom stereocenters. The quantitative estimate of drug-likeness (QED) is 0.159. The Balaban J connectivity index is 1.51. The third-order valence-corrected chi connectivity index (χ3v) is 7.81. The van der Waals surface area contributed by atoms with Crippen LogP contribution in [0.3, 0.4) is 0 Å². The van der Waals surface area contributed by atoms with Crippen LogP contribution in [0.25, 0.3) is 0 Å². The maximum atomic E-state index is 13.6. The van der Waals surface area contributed by atoms with E-state index in [4.69, 9.17) is 18.9 Å². The predicted molar refractivity (Wildman–Crippen MR) is 176 cm³/mol. The maximum Gasteiger partial charge on any atom is 0.408 e. The Morgan fingerprint density at radius 1 is 0.796 bits per heavy atom. The lowest BCUT2D eigenvalue weighted by Gasteiger charge is -2.42. The molecule has 1 aliphatic rings. The van der Waals surface area contributed by atoms with Crippen molar-refractivity contribution in [2.24, 2.45) is 5.92 Å². The molecule has 49 heavy (non-hydrogen) atoms. The number of amides is 3. The third kappa shape index (κ3) is 10.6. The van der Waals surface area contributed by atoms with E-state index in [1.54, 1.807) is 66.7 Å². The van der Waals surface area contributed by atoms with Gasteiger partial charge in [0.15, 0.2) is 18.4 Å². The first-order valence-corrected chi connectivity index (χ1v) is 15.9. The molecule has 0 aromatic heterocycles. The Kier molecular flexibility index (Phi) is 13.7. The smallest absolute Gasteiger partial charge is 0.408 e. The fourth-order valence-electron chi connectivity index (χ4n) is 5.27. The van der Waals surface area contributed by atoms with E-state index in [2.05, 4.69) is 16.0 Å². The first-order chi connectivity index (χ1) is 23.6. The molecule has 1 aliphatic heterocycles. The highest BCUT2D eigenvalue weighted by Gasteiger charge is 2.49. The van der Waals surface area contributed by atoms with E-state index in [9.17, 15) is 29.4 Å². The van der Waals surface area contributed by atoms with E-state index in [-0.39, 0.29) is 25.6 Å². The number of carbonyl (C=O) groups excluding carboxylic acids is 4. The van der Waals surface area contributed by atoms with E-state index in [0.29, 0.717) is 5.56 Å². The van der Waals surface area contributed by atoms with Crippen LogP contribution in [-0.4, -0.2) is 77.9 Å². The number of alkyl carbamates (subject to hydrolysis) is 1. The Morgan fingerprint density at radius 3 is 1.94 bits per heavy atom. The molecule has 5 N–H and O–H groups in total. The van der Waals surface area contributed by atoms with Gasteiger partial charge in [0.25, 0.3) is 5.91 Å². The predicted octanol–water partition coefficient (Wildman–Crippen LogP) is 2.51. The average molecular weight is 678 g/mol. The van der Waals surface area contributed by atoms with Crippen molar-refractivity contribution in [1.29, 1.82) is 0 Å². The van der Waals surface area contributed by atoms with E-state index < -0.39 is 66.6 Å². The van der Waals surface area contributed by atoms with Crippen LogP contribution >= 0.6 is 0 Å². The molecular weight excluding hydrogens is 634 g/mol. The molecule has 0 spiro atoms. The number of nitrogens with one attached hydrogen (secondary N) is 3. The number of ether oxygens (including phenoxy) is 4. The van der Waals surface area contributed by atoms with Crippen LogP contribution < -0.4 is 16.0 Å². The van der Waals surface area contributed by atoms with Crippen molar-refractivity contribution in [1.82, 2.24) is 16.0 Å². The Labute approximate surface area is 284 Å². The molecule has 13 heteroatoms. The Hall–Kier alpha value is -4.82. The number of hydrogen-bond donors (Lipinski definition) is 5. The molecule has 3 amide bonds. The van der Waals surface area contributed by atoms with Crippen molar-refractivity contribution in [3.63, 3.8) is 0 Å². The van der Waals surface area contributed by atoms with Crippen LogP contribution in [0, 0.1) is 5.92 Å². The lowest BCUT2D eigenvalue weighted by Crippen LogP contribution is -2.68. The van der Waals surface area contributed by atoms with Gasteiger partial charge in [0.05, 0.1) is 13.7 Å². The number of methoxy groups -OCH3 is 1. The van der Waals surface area contributed by atoms with Gasteiger partial charge in [0, 0.05) is 0 Å². The molecule has 1 heterocycles. The molecule has 1 saturated heterocycles. The molecule has 0 bridgehead atoms. The lowest BCUT2D eigenvalue weighted by atomic mass is 9.94. The summed E-state index contributed by atoms with van der Waals surface area (Å²) in [6, 6.07) is 22.7. The van der Waals surface area contributed by atoms with Crippen molar-refractivity contribution >= 4 is 23.9 Å². The number of benzene rings is 3. The molecule has 0 aliphatic carbocycles. The standard InChI is InChI=1S/C36H43N3O10/c1-22(2)19-26(37-36(45)48-21-24-15-9-5-10-16-24)32(42)39-28-29(40)30(41)31(49-35(28)47-20-23-13-7-4-8-14-23)33(43)38-27(34(44)46-3)25-17-11-6-12-18-25/h4-18,22,26-31,35,40-41H,19-21H2,1-3H3,(H,37,45)(H,38,43)(H,39,42)/t26-,27+,28+,29+,30+,31-,35-/m0/s1. The zero-order chi connectivity index (χ0) is 35.3. The first-order valence-electron chi connectivity index (χ1n) is 15.9. The van der Waals surface area contributed by atoms with Gasteiger partial charge in [-0.1, -0.05) is 105 Å². The summed E-state index contributed by atoms with van der Waals surface area (Å²) in [6.45, 7) is 3.69. The van der Waals surface area contributed by atoms with Gasteiger partial charge in [0.2, 0.25) is 5.91 Å². The number of hydrogen-bond acceptors (Lipinski definition) is 10. The normalized spacial score (nSPS) is 21.6. The fourth-order valence-corrected chi connectivity index (χ4v) is 5.27. The molecule has 13 nitrogen and oxygen atoms in total. The van der Waals surface area contributed by atoms with Gasteiger partial charge in [-0.05, 0) is 29.0 Å². The molecule has 7 atom stereocenters. The van der Waals surface area contributed by atoms with Gasteiger partial charge in [-0.25, -0.2) is 9.59 Å². The maximum absolute atomic E-state index is 13.6. The number of aliphatic hydroxyl groups is 2. The van der Waals surface area contributed by atoms with E-state index in [1.807, 2.05) is 38.1 Å². The summed E-state index contributed by atoms with van der Waals surface area (Å²) in [5, 5.41) is 30.2. The number of rotatable bonds is 14. The first kappa shape index (κ1) is 37.0. The van der Waals surface area contributed by atoms with Crippen molar-refractivity contribution in [3.05, 3.63) is 108 Å². The number of esters is 1. The largest absolute Gasteiger partial charge is 0.467 e. The van der Waals surface area contributed by atoms with Gasteiger partial charge in [-0.3, -0.25) is 9.59 Å². The van der Waals surface area contributed by atoms with Crippen LogP contribution in [0.15, 0.2) is 91.0 Å².